The zero-order valence-electron chi connectivity index (χ0n) is 11.0. The van der Waals surface area contributed by atoms with E-state index in [0.29, 0.717) is 14.7 Å². The van der Waals surface area contributed by atoms with Gasteiger partial charge in [0.25, 0.3) is 0 Å². The molecule has 0 aliphatic carbocycles. The Hall–Kier alpha value is 0.160. The van der Waals surface area contributed by atoms with Crippen molar-refractivity contribution in [2.75, 3.05) is 6.61 Å². The van der Waals surface area contributed by atoms with Crippen molar-refractivity contribution in [3.63, 3.8) is 0 Å². The summed E-state index contributed by atoms with van der Waals surface area (Å²) in [5, 5.41) is 0. The van der Waals surface area contributed by atoms with E-state index in [1.807, 2.05) is 0 Å². The molecular weight excluding hydrogens is 525 g/mol. The highest BCUT2D eigenvalue weighted by Crippen LogP contribution is 2.36. The molecule has 0 aromatic heterocycles. The quantitative estimate of drug-likeness (QED) is 0.381. The monoisotopic (exact) mass is 532 g/mol. The molecule has 11 heteroatoms. The first kappa shape index (κ1) is 20.2. The summed E-state index contributed by atoms with van der Waals surface area (Å²) in [6, 6.07) is 3.35. The second-order valence-corrected chi connectivity index (χ2v) is 8.22. The lowest BCUT2D eigenvalue weighted by Crippen LogP contribution is -2.32. The highest BCUT2D eigenvalue weighted by molar-refractivity contribution is 9.11. The van der Waals surface area contributed by atoms with Gasteiger partial charge >= 0.3 is 15.6 Å². The third-order valence-corrected chi connectivity index (χ3v) is 5.11. The van der Waals surface area contributed by atoms with Gasteiger partial charge in [0.15, 0.2) is 0 Å². The van der Waals surface area contributed by atoms with Crippen LogP contribution in [0.25, 0.3) is 0 Å². The van der Waals surface area contributed by atoms with Crippen molar-refractivity contribution in [2.45, 2.75) is 25.0 Å². The number of benzene rings is 1. The van der Waals surface area contributed by atoms with E-state index < -0.39 is 21.7 Å². The molecule has 0 bridgehead atoms. The van der Waals surface area contributed by atoms with Gasteiger partial charge in [-0.3, -0.25) is 4.18 Å². The topological polar surface area (TPSA) is 52.6 Å². The Bertz CT molecular complexity index is 611. The van der Waals surface area contributed by atoms with Crippen molar-refractivity contribution >= 4 is 57.9 Å². The third-order valence-electron chi connectivity index (χ3n) is 2.38. The Morgan fingerprint density at radius 1 is 1.18 bits per heavy atom. The SMILES string of the molecule is CCC(COc1c(Br)cc(Br)cc1Br)OS(=O)(=O)C(F)(F)F. The fourth-order valence-corrected chi connectivity index (χ4v) is 4.44. The lowest BCUT2D eigenvalue weighted by Gasteiger charge is -2.18. The average Bonchev–Trinajstić information content (AvgIpc) is 2.34. The summed E-state index contributed by atoms with van der Waals surface area (Å²) < 4.78 is 70.2. The van der Waals surface area contributed by atoms with Gasteiger partial charge in [0.05, 0.1) is 8.95 Å². The fraction of sp³-hybridized carbons (Fsp3) is 0.455. The van der Waals surface area contributed by atoms with Crippen LogP contribution in [-0.2, 0) is 14.3 Å². The second-order valence-electron chi connectivity index (χ2n) is 4.04. The number of halogens is 6. The summed E-state index contributed by atoms with van der Waals surface area (Å²) >= 11 is 9.74. The van der Waals surface area contributed by atoms with Crippen molar-refractivity contribution in [3.05, 3.63) is 25.6 Å². The molecular formula is C11H10Br3F3O4S. The summed E-state index contributed by atoms with van der Waals surface area (Å²) in [5.41, 5.74) is -5.46. The van der Waals surface area contributed by atoms with Gasteiger partial charge in [-0.1, -0.05) is 22.9 Å². The van der Waals surface area contributed by atoms with Crippen LogP contribution in [0.3, 0.4) is 0 Å². The first-order valence-electron chi connectivity index (χ1n) is 5.74. The smallest absolute Gasteiger partial charge is 0.488 e. The Balaban J connectivity index is 2.82. The van der Waals surface area contributed by atoms with Crippen LogP contribution in [0.1, 0.15) is 13.3 Å². The van der Waals surface area contributed by atoms with E-state index in [-0.39, 0.29) is 13.0 Å². The summed E-state index contributed by atoms with van der Waals surface area (Å²) in [6.07, 6.45) is -1.23. The summed E-state index contributed by atoms with van der Waals surface area (Å²) in [6.45, 7) is 1.14. The van der Waals surface area contributed by atoms with Crippen molar-refractivity contribution in [1.29, 1.82) is 0 Å². The molecule has 0 radical (unpaired) electrons. The van der Waals surface area contributed by atoms with Gasteiger partial charge in [0, 0.05) is 4.47 Å². The molecule has 0 saturated heterocycles. The van der Waals surface area contributed by atoms with E-state index in [4.69, 9.17) is 4.74 Å². The molecule has 0 fully saturated rings. The Kier molecular flexibility index (Phi) is 7.18. The van der Waals surface area contributed by atoms with Gasteiger partial charge in [0.1, 0.15) is 18.5 Å². The van der Waals surface area contributed by atoms with Crippen molar-refractivity contribution < 1.29 is 30.5 Å². The molecule has 1 unspecified atom stereocenters. The summed E-state index contributed by atoms with van der Waals surface area (Å²) in [5.74, 6) is 0.328. The molecule has 1 rings (SSSR count). The summed E-state index contributed by atoms with van der Waals surface area (Å²) in [4.78, 5) is 0. The maximum atomic E-state index is 12.3. The van der Waals surface area contributed by atoms with E-state index in [9.17, 15) is 21.6 Å². The van der Waals surface area contributed by atoms with Crippen LogP contribution in [0.2, 0.25) is 0 Å². The molecule has 22 heavy (non-hydrogen) atoms. The minimum absolute atomic E-state index is 0.0288. The summed E-state index contributed by atoms with van der Waals surface area (Å²) in [7, 11) is -5.65. The maximum Gasteiger partial charge on any atom is 0.523 e. The van der Waals surface area contributed by atoms with Crippen LogP contribution in [0.4, 0.5) is 13.2 Å². The van der Waals surface area contributed by atoms with E-state index in [1.165, 1.54) is 6.92 Å². The number of rotatable bonds is 6. The molecule has 1 atom stereocenters. The molecule has 1 aromatic rings. The molecule has 0 aliphatic rings. The fourth-order valence-electron chi connectivity index (χ4n) is 1.29. The predicted octanol–water partition coefficient (Wildman–Crippen LogP) is 5.00. The second kappa shape index (κ2) is 7.82. The standard InChI is InChI=1S/C11H10Br3F3O4S/c1-2-7(21-22(18,19)11(15,16)17)5-20-10-8(13)3-6(12)4-9(10)14/h3-4,7H,2,5H2,1H3. The number of alkyl halides is 3. The van der Waals surface area contributed by atoms with Crippen LogP contribution in [0.15, 0.2) is 25.6 Å². The Labute approximate surface area is 150 Å². The molecule has 4 nitrogen and oxygen atoms in total. The first-order chi connectivity index (χ1) is 9.98. The van der Waals surface area contributed by atoms with Crippen LogP contribution in [-0.4, -0.2) is 26.6 Å². The normalized spacial score (nSPS) is 14.0. The molecule has 0 N–H and O–H groups in total. The molecule has 0 spiro atoms. The van der Waals surface area contributed by atoms with E-state index in [0.717, 1.165) is 4.47 Å². The van der Waals surface area contributed by atoms with E-state index in [2.05, 4.69) is 52.0 Å². The molecule has 0 amide bonds. The van der Waals surface area contributed by atoms with Gasteiger partial charge in [0.2, 0.25) is 0 Å². The van der Waals surface area contributed by atoms with E-state index in [1.54, 1.807) is 12.1 Å². The number of ether oxygens (including phenoxy) is 1. The van der Waals surface area contributed by atoms with Gasteiger partial charge in [-0.25, -0.2) is 0 Å². The Morgan fingerprint density at radius 2 is 1.68 bits per heavy atom. The highest BCUT2D eigenvalue weighted by Gasteiger charge is 2.48. The van der Waals surface area contributed by atoms with Crippen LogP contribution in [0, 0.1) is 0 Å². The van der Waals surface area contributed by atoms with Crippen LogP contribution >= 0.6 is 47.8 Å². The van der Waals surface area contributed by atoms with Gasteiger partial charge in [-0.2, -0.15) is 21.6 Å². The zero-order valence-corrected chi connectivity index (χ0v) is 16.5. The van der Waals surface area contributed by atoms with Gasteiger partial charge < -0.3 is 4.74 Å². The van der Waals surface area contributed by atoms with Crippen LogP contribution in [0.5, 0.6) is 5.75 Å². The van der Waals surface area contributed by atoms with E-state index >= 15 is 0 Å². The Morgan fingerprint density at radius 3 is 2.09 bits per heavy atom. The lowest BCUT2D eigenvalue weighted by atomic mass is 10.3. The minimum atomic E-state index is -5.65. The maximum absolute atomic E-state index is 12.3. The van der Waals surface area contributed by atoms with Gasteiger partial charge in [-0.05, 0) is 50.4 Å². The molecule has 0 heterocycles. The first-order valence-corrected chi connectivity index (χ1v) is 9.53. The highest BCUT2D eigenvalue weighted by atomic mass is 79.9. The van der Waals surface area contributed by atoms with Gasteiger partial charge in [-0.15, -0.1) is 0 Å². The predicted molar refractivity (Wildman–Crippen MR) is 85.2 cm³/mol. The average molecular weight is 535 g/mol. The minimum Gasteiger partial charge on any atom is -0.488 e. The van der Waals surface area contributed by atoms with Crippen LogP contribution < -0.4 is 4.74 Å². The third kappa shape index (κ3) is 5.36. The number of hydrogen-bond donors (Lipinski definition) is 0. The van der Waals surface area contributed by atoms with Crippen molar-refractivity contribution in [2.24, 2.45) is 0 Å². The molecule has 0 aliphatic heterocycles. The lowest BCUT2D eigenvalue weighted by molar-refractivity contribution is -0.0588. The number of hydrogen-bond acceptors (Lipinski definition) is 4. The zero-order chi connectivity index (χ0) is 17.1. The molecule has 1 aromatic carbocycles. The van der Waals surface area contributed by atoms with Crippen molar-refractivity contribution in [1.82, 2.24) is 0 Å². The largest absolute Gasteiger partial charge is 0.523 e. The molecule has 0 saturated carbocycles. The van der Waals surface area contributed by atoms with Crippen molar-refractivity contribution in [3.8, 4) is 5.75 Å². The molecule has 126 valence electrons.